The molecule has 6 nitrogen and oxygen atoms in total. The molecule has 0 saturated heterocycles. The van der Waals surface area contributed by atoms with Crippen molar-refractivity contribution in [2.45, 2.75) is 43.2 Å². The first-order chi connectivity index (χ1) is 14.7. The highest BCUT2D eigenvalue weighted by Gasteiger charge is 2.35. The van der Waals surface area contributed by atoms with Crippen LogP contribution in [0.3, 0.4) is 0 Å². The molecule has 0 fully saturated rings. The van der Waals surface area contributed by atoms with Crippen molar-refractivity contribution in [2.24, 2.45) is 7.05 Å². The maximum Gasteiger partial charge on any atom is 0.243 e. The molecule has 2 aromatic carbocycles. The summed E-state index contributed by atoms with van der Waals surface area (Å²) >= 11 is 6.09. The zero-order valence-corrected chi connectivity index (χ0v) is 20.7. The van der Waals surface area contributed by atoms with Crippen LogP contribution in [-0.4, -0.2) is 24.7 Å². The van der Waals surface area contributed by atoms with E-state index in [0.29, 0.717) is 0 Å². The number of aromatic nitrogens is 2. The van der Waals surface area contributed by atoms with Crippen LogP contribution in [0.25, 0.3) is 0 Å². The van der Waals surface area contributed by atoms with Crippen LogP contribution < -0.4 is 10.0 Å². The van der Waals surface area contributed by atoms with Crippen molar-refractivity contribution in [2.75, 3.05) is 6.54 Å². The van der Waals surface area contributed by atoms with Crippen molar-refractivity contribution >= 4 is 34.0 Å². The van der Waals surface area contributed by atoms with Gasteiger partial charge < -0.3 is 5.32 Å². The number of fused-ring (bicyclic) bond motifs is 1. The smallest absolute Gasteiger partial charge is 0.243 e. The molecule has 0 radical (unpaired) electrons. The lowest BCUT2D eigenvalue weighted by Gasteiger charge is -2.40. The monoisotopic (exact) mass is 494 g/mol. The van der Waals surface area contributed by atoms with Gasteiger partial charge in [0, 0.05) is 36.3 Å². The third-order valence-electron chi connectivity index (χ3n) is 6.03. The van der Waals surface area contributed by atoms with Crippen molar-refractivity contribution in [3.63, 3.8) is 0 Å². The fraction of sp³-hybridized carbons (Fsp3) is 0.348. The van der Waals surface area contributed by atoms with E-state index in [2.05, 4.69) is 53.3 Å². The van der Waals surface area contributed by atoms with Crippen LogP contribution >= 0.6 is 24.0 Å². The van der Waals surface area contributed by atoms with Crippen molar-refractivity contribution in [1.82, 2.24) is 19.8 Å². The quantitative estimate of drug-likeness (QED) is 0.539. The van der Waals surface area contributed by atoms with Crippen molar-refractivity contribution in [3.8, 4) is 0 Å². The summed E-state index contributed by atoms with van der Waals surface area (Å²) in [7, 11) is -1.92. The molecule has 0 amide bonds. The van der Waals surface area contributed by atoms with Crippen molar-refractivity contribution < 1.29 is 8.42 Å². The maximum atomic E-state index is 12.6. The van der Waals surface area contributed by atoms with Crippen LogP contribution in [0.1, 0.15) is 42.1 Å². The average Bonchev–Trinajstić information content (AvgIpc) is 3.19. The van der Waals surface area contributed by atoms with Gasteiger partial charge in [-0.3, -0.25) is 4.68 Å². The summed E-state index contributed by atoms with van der Waals surface area (Å²) in [6, 6.07) is 14.3. The SMILES string of the molecule is Cl.Cn1cc(S(=O)(=O)NCc2ccc3c(c2)C(C(C)(C)c2ccc(Cl)cc2)NCC3)cn1. The molecular formula is C23H28Cl2N4O2S. The minimum atomic E-state index is -3.61. The molecule has 2 heterocycles. The fourth-order valence-electron chi connectivity index (χ4n) is 4.20. The Balaban J connectivity index is 0.00000289. The van der Waals surface area contributed by atoms with E-state index in [1.54, 1.807) is 7.05 Å². The number of benzene rings is 2. The van der Waals surface area contributed by atoms with E-state index in [1.807, 2.05) is 18.2 Å². The van der Waals surface area contributed by atoms with Crippen LogP contribution in [-0.2, 0) is 35.5 Å². The van der Waals surface area contributed by atoms with E-state index in [0.717, 1.165) is 23.6 Å². The molecule has 9 heteroatoms. The number of hydrogen-bond acceptors (Lipinski definition) is 4. The molecule has 1 unspecified atom stereocenters. The Morgan fingerprint density at radius 3 is 2.59 bits per heavy atom. The Morgan fingerprint density at radius 2 is 1.94 bits per heavy atom. The van der Waals surface area contributed by atoms with Gasteiger partial charge >= 0.3 is 0 Å². The van der Waals surface area contributed by atoms with Gasteiger partial charge in [0.2, 0.25) is 10.0 Å². The van der Waals surface area contributed by atoms with Gasteiger partial charge in [0.15, 0.2) is 0 Å². The molecular weight excluding hydrogens is 467 g/mol. The minimum absolute atomic E-state index is 0. The Morgan fingerprint density at radius 1 is 1.22 bits per heavy atom. The molecule has 32 heavy (non-hydrogen) atoms. The summed E-state index contributed by atoms with van der Waals surface area (Å²) in [5.41, 5.74) is 4.46. The third kappa shape index (κ3) is 5.02. The van der Waals surface area contributed by atoms with Crippen LogP contribution in [0.5, 0.6) is 0 Å². The second-order valence-electron chi connectivity index (χ2n) is 8.57. The summed E-state index contributed by atoms with van der Waals surface area (Å²) in [5, 5.41) is 8.34. The number of aryl methyl sites for hydroxylation is 1. The lowest BCUT2D eigenvalue weighted by molar-refractivity contribution is 0.335. The molecule has 0 spiro atoms. The average molecular weight is 495 g/mol. The van der Waals surface area contributed by atoms with Crippen LogP contribution in [0.2, 0.25) is 5.02 Å². The molecule has 0 aliphatic carbocycles. The maximum absolute atomic E-state index is 12.6. The topological polar surface area (TPSA) is 76.0 Å². The van der Waals surface area contributed by atoms with Gasteiger partial charge in [-0.1, -0.05) is 55.8 Å². The molecule has 1 aliphatic heterocycles. The van der Waals surface area contributed by atoms with Gasteiger partial charge in [-0.05, 0) is 47.4 Å². The van der Waals surface area contributed by atoms with Gasteiger partial charge in [-0.25, -0.2) is 13.1 Å². The number of rotatable bonds is 6. The standard InChI is InChI=1S/C23H27ClN4O2S.ClH/c1-23(2,18-6-8-19(24)9-7-18)22-21-12-16(4-5-17(21)10-11-25-22)13-27-31(29,30)20-14-26-28(3)15-20;/h4-9,12,14-15,22,25,27H,10-11,13H2,1-3H3;1H. The van der Waals surface area contributed by atoms with Crippen molar-refractivity contribution in [1.29, 1.82) is 0 Å². The predicted molar refractivity (Wildman–Crippen MR) is 130 cm³/mol. The zero-order chi connectivity index (χ0) is 22.2. The van der Waals surface area contributed by atoms with Gasteiger partial charge in [0.25, 0.3) is 0 Å². The Kier molecular flexibility index (Phi) is 7.37. The van der Waals surface area contributed by atoms with E-state index in [4.69, 9.17) is 11.6 Å². The molecule has 3 aromatic rings. The number of hydrogen-bond donors (Lipinski definition) is 2. The van der Waals surface area contributed by atoms with E-state index >= 15 is 0 Å². The summed E-state index contributed by atoms with van der Waals surface area (Å²) < 4.78 is 29.3. The number of nitrogens with one attached hydrogen (secondary N) is 2. The molecule has 0 bridgehead atoms. The summed E-state index contributed by atoms with van der Waals surface area (Å²) in [6.07, 6.45) is 3.79. The number of halogens is 2. The molecule has 172 valence electrons. The summed E-state index contributed by atoms with van der Waals surface area (Å²) in [4.78, 5) is 0.163. The van der Waals surface area contributed by atoms with E-state index < -0.39 is 10.0 Å². The molecule has 0 saturated carbocycles. The van der Waals surface area contributed by atoms with E-state index in [1.165, 1.54) is 33.8 Å². The minimum Gasteiger partial charge on any atom is -0.309 e. The Labute approximate surface area is 200 Å². The Hall–Kier alpha value is -1.90. The van der Waals surface area contributed by atoms with Crippen LogP contribution in [0, 0.1) is 0 Å². The normalized spacial score (nSPS) is 16.3. The first-order valence-corrected chi connectivity index (χ1v) is 12.1. The van der Waals surface area contributed by atoms with Gasteiger partial charge in [-0.15, -0.1) is 12.4 Å². The van der Waals surface area contributed by atoms with Crippen LogP contribution in [0.4, 0.5) is 0 Å². The highest BCUT2D eigenvalue weighted by atomic mass is 35.5. The fourth-order valence-corrected chi connectivity index (χ4v) is 5.33. The molecule has 1 aliphatic rings. The second kappa shape index (κ2) is 9.53. The summed E-state index contributed by atoms with van der Waals surface area (Å²) in [6.45, 7) is 5.57. The van der Waals surface area contributed by atoms with Gasteiger partial charge in [0.1, 0.15) is 4.90 Å². The molecule has 1 aromatic heterocycles. The number of nitrogens with zero attached hydrogens (tertiary/aromatic N) is 2. The third-order valence-corrected chi connectivity index (χ3v) is 7.64. The summed E-state index contributed by atoms with van der Waals surface area (Å²) in [5.74, 6) is 0. The lowest BCUT2D eigenvalue weighted by Crippen LogP contribution is -2.41. The number of sulfonamides is 1. The van der Waals surface area contributed by atoms with Gasteiger partial charge in [0.05, 0.1) is 6.20 Å². The first kappa shape index (κ1) is 24.7. The largest absolute Gasteiger partial charge is 0.309 e. The molecule has 4 rings (SSSR count). The Bertz CT molecular complexity index is 1190. The highest BCUT2D eigenvalue weighted by molar-refractivity contribution is 7.89. The highest BCUT2D eigenvalue weighted by Crippen LogP contribution is 2.40. The zero-order valence-electron chi connectivity index (χ0n) is 18.3. The first-order valence-electron chi connectivity index (χ1n) is 10.3. The molecule has 2 N–H and O–H groups in total. The second-order valence-corrected chi connectivity index (χ2v) is 10.8. The predicted octanol–water partition coefficient (Wildman–Crippen LogP) is 4.14. The van der Waals surface area contributed by atoms with Crippen molar-refractivity contribution in [3.05, 3.63) is 82.1 Å². The van der Waals surface area contributed by atoms with Crippen LogP contribution in [0.15, 0.2) is 59.8 Å². The van der Waals surface area contributed by atoms with E-state index in [-0.39, 0.29) is 35.3 Å². The van der Waals surface area contributed by atoms with E-state index in [9.17, 15) is 8.42 Å². The van der Waals surface area contributed by atoms with Gasteiger partial charge in [-0.2, -0.15) is 5.10 Å². The molecule has 1 atom stereocenters. The lowest BCUT2D eigenvalue weighted by atomic mass is 9.72.